The molecule has 1 aliphatic heterocycles. The molecular formula is C23H29N7OS2. The molecule has 33 heavy (non-hydrogen) atoms. The van der Waals surface area contributed by atoms with E-state index in [4.69, 9.17) is 0 Å². The Balaban J connectivity index is 1.17. The number of thioether (sulfide) groups is 1. The number of fused-ring (bicyclic) bond motifs is 1. The number of rotatable bonds is 6. The van der Waals surface area contributed by atoms with Crippen LogP contribution in [-0.2, 0) is 24.7 Å². The van der Waals surface area contributed by atoms with Crippen LogP contribution in [0.15, 0.2) is 29.8 Å². The Hall–Kier alpha value is -2.46. The van der Waals surface area contributed by atoms with Crippen molar-refractivity contribution in [2.75, 3.05) is 36.8 Å². The number of thiophene rings is 1. The van der Waals surface area contributed by atoms with Crippen molar-refractivity contribution in [2.24, 2.45) is 13.0 Å². The fourth-order valence-corrected chi connectivity index (χ4v) is 6.61. The highest BCUT2D eigenvalue weighted by atomic mass is 32.2. The fraction of sp³-hybridized carbons (Fsp3) is 0.522. The van der Waals surface area contributed by atoms with E-state index in [1.54, 1.807) is 18.6 Å². The van der Waals surface area contributed by atoms with E-state index in [2.05, 4.69) is 38.1 Å². The number of aromatic nitrogens is 5. The molecule has 10 heteroatoms. The monoisotopic (exact) mass is 483 g/mol. The molecule has 174 valence electrons. The number of hydrogen-bond acceptors (Lipinski definition) is 8. The molecule has 0 radical (unpaired) electrons. The predicted octanol–water partition coefficient (Wildman–Crippen LogP) is 3.29. The summed E-state index contributed by atoms with van der Waals surface area (Å²) >= 11 is 3.32. The molecule has 0 bridgehead atoms. The van der Waals surface area contributed by atoms with Crippen LogP contribution in [0.2, 0.25) is 0 Å². The van der Waals surface area contributed by atoms with Crippen LogP contribution in [0.1, 0.15) is 30.2 Å². The molecule has 3 aromatic heterocycles. The molecule has 1 saturated heterocycles. The van der Waals surface area contributed by atoms with E-state index in [0.29, 0.717) is 18.8 Å². The summed E-state index contributed by atoms with van der Waals surface area (Å²) in [6, 6.07) is 2.31. The Kier molecular flexibility index (Phi) is 6.64. The van der Waals surface area contributed by atoms with Crippen molar-refractivity contribution in [2.45, 2.75) is 37.8 Å². The summed E-state index contributed by atoms with van der Waals surface area (Å²) in [6.45, 7) is 5.21. The molecule has 4 heterocycles. The highest BCUT2D eigenvalue weighted by Gasteiger charge is 2.24. The second-order valence-corrected chi connectivity index (χ2v) is 10.7. The topological polar surface area (TPSA) is 80.0 Å². The van der Waals surface area contributed by atoms with E-state index < -0.39 is 0 Å². The van der Waals surface area contributed by atoms with Crippen molar-refractivity contribution in [3.63, 3.8) is 0 Å². The number of nitrogens with zero attached hydrogens (tertiary/aromatic N) is 7. The first kappa shape index (κ1) is 22.3. The van der Waals surface area contributed by atoms with Gasteiger partial charge in [0, 0.05) is 50.5 Å². The minimum atomic E-state index is 0.139. The summed E-state index contributed by atoms with van der Waals surface area (Å²) in [5.41, 5.74) is 1.49. The molecule has 0 N–H and O–H groups in total. The molecule has 0 aromatic carbocycles. The molecule has 1 unspecified atom stereocenters. The third-order valence-electron chi connectivity index (χ3n) is 6.65. The van der Waals surface area contributed by atoms with Gasteiger partial charge in [0.05, 0.1) is 16.8 Å². The van der Waals surface area contributed by atoms with Crippen molar-refractivity contribution in [3.05, 3.63) is 35.1 Å². The van der Waals surface area contributed by atoms with E-state index >= 15 is 0 Å². The Labute approximate surface area is 202 Å². The predicted molar refractivity (Wildman–Crippen MR) is 132 cm³/mol. The average molecular weight is 484 g/mol. The zero-order valence-corrected chi connectivity index (χ0v) is 20.7. The first-order chi connectivity index (χ1) is 16.1. The lowest BCUT2D eigenvalue weighted by Gasteiger charge is -2.35. The summed E-state index contributed by atoms with van der Waals surface area (Å²) in [5, 5.41) is 9.63. The van der Waals surface area contributed by atoms with Gasteiger partial charge >= 0.3 is 0 Å². The Bertz CT molecular complexity index is 1110. The van der Waals surface area contributed by atoms with Crippen molar-refractivity contribution in [3.8, 4) is 10.7 Å². The molecule has 8 nitrogen and oxygen atoms in total. The van der Waals surface area contributed by atoms with Gasteiger partial charge in [-0.15, -0.1) is 21.5 Å². The molecule has 1 fully saturated rings. The number of aryl methyl sites for hydroxylation is 1. The van der Waals surface area contributed by atoms with Crippen LogP contribution in [0.25, 0.3) is 10.7 Å². The van der Waals surface area contributed by atoms with E-state index in [9.17, 15) is 4.79 Å². The lowest BCUT2D eigenvalue weighted by atomic mass is 9.87. The maximum atomic E-state index is 12.8. The number of carbonyl (C=O) groups excluding carboxylic acids is 1. The number of hydrogen-bond donors (Lipinski definition) is 0. The minimum Gasteiger partial charge on any atom is -0.352 e. The van der Waals surface area contributed by atoms with Crippen LogP contribution in [-0.4, -0.2) is 67.5 Å². The van der Waals surface area contributed by atoms with Gasteiger partial charge in [-0.2, -0.15) is 0 Å². The zero-order valence-electron chi connectivity index (χ0n) is 19.1. The first-order valence-electron chi connectivity index (χ1n) is 11.5. The van der Waals surface area contributed by atoms with Gasteiger partial charge in [0.25, 0.3) is 0 Å². The molecular weight excluding hydrogens is 454 g/mol. The van der Waals surface area contributed by atoms with Crippen LogP contribution in [0, 0.1) is 5.92 Å². The zero-order chi connectivity index (χ0) is 22.8. The molecule has 0 spiro atoms. The van der Waals surface area contributed by atoms with Gasteiger partial charge in [0.15, 0.2) is 11.0 Å². The molecule has 1 aliphatic carbocycles. The third kappa shape index (κ3) is 4.77. The van der Waals surface area contributed by atoms with Gasteiger partial charge in [-0.25, -0.2) is 4.98 Å². The second kappa shape index (κ2) is 9.80. The number of carbonyl (C=O) groups is 1. The van der Waals surface area contributed by atoms with Crippen molar-refractivity contribution < 1.29 is 4.79 Å². The maximum Gasteiger partial charge on any atom is 0.233 e. The van der Waals surface area contributed by atoms with Crippen LogP contribution in [0.5, 0.6) is 0 Å². The first-order valence-corrected chi connectivity index (χ1v) is 13.4. The lowest BCUT2D eigenvalue weighted by molar-refractivity contribution is -0.128. The lowest BCUT2D eigenvalue weighted by Crippen LogP contribution is -2.49. The van der Waals surface area contributed by atoms with Crippen LogP contribution < -0.4 is 4.90 Å². The van der Waals surface area contributed by atoms with Crippen molar-refractivity contribution >= 4 is 34.8 Å². The van der Waals surface area contributed by atoms with Gasteiger partial charge < -0.3 is 14.4 Å². The number of amides is 1. The summed E-state index contributed by atoms with van der Waals surface area (Å²) in [6.07, 6.45) is 10.0. The summed E-state index contributed by atoms with van der Waals surface area (Å²) in [5.74, 6) is 3.08. The molecule has 2 aliphatic rings. The summed E-state index contributed by atoms with van der Waals surface area (Å²) in [4.78, 5) is 28.1. The Morgan fingerprint density at radius 2 is 2.06 bits per heavy atom. The van der Waals surface area contributed by atoms with Crippen molar-refractivity contribution in [1.82, 2.24) is 29.6 Å². The quantitative estimate of drug-likeness (QED) is 0.498. The maximum absolute atomic E-state index is 12.8. The standard InChI is InChI=1S/C23H29N7OS2/c1-3-16-4-5-18-17(12-16)13-19(33-18)22-26-27-23(28(22)2)32-15-21(31)30-10-8-29(9-11-30)20-14-24-6-7-25-20/h6-7,13-14,16H,3-5,8-12,15H2,1-2H3. The summed E-state index contributed by atoms with van der Waals surface area (Å²) < 4.78 is 2.03. The molecule has 3 aromatic rings. The number of anilines is 1. The second-order valence-electron chi connectivity index (χ2n) is 8.66. The van der Waals surface area contributed by atoms with Crippen LogP contribution in [0.3, 0.4) is 0 Å². The van der Waals surface area contributed by atoms with Gasteiger partial charge in [-0.1, -0.05) is 25.1 Å². The van der Waals surface area contributed by atoms with Gasteiger partial charge in [0.2, 0.25) is 5.91 Å². The summed E-state index contributed by atoms with van der Waals surface area (Å²) in [7, 11) is 2.00. The minimum absolute atomic E-state index is 0.139. The Morgan fingerprint density at radius 1 is 1.21 bits per heavy atom. The fourth-order valence-electron chi connectivity index (χ4n) is 4.57. The van der Waals surface area contributed by atoms with Gasteiger partial charge in [-0.3, -0.25) is 9.78 Å². The molecule has 0 saturated carbocycles. The molecule has 5 rings (SSSR count). The third-order valence-corrected chi connectivity index (χ3v) is 8.89. The SMILES string of the molecule is CCC1CCc2sc(-c3nnc(SCC(=O)N4CCN(c5cnccn5)CC4)n3C)cc2C1. The molecule has 1 amide bonds. The normalized spacial score (nSPS) is 18.4. The van der Waals surface area contributed by atoms with Crippen LogP contribution >= 0.6 is 23.1 Å². The smallest absolute Gasteiger partial charge is 0.233 e. The average Bonchev–Trinajstić information content (AvgIpc) is 3.45. The van der Waals surface area contributed by atoms with E-state index in [1.807, 2.05) is 27.9 Å². The van der Waals surface area contributed by atoms with E-state index in [1.165, 1.54) is 52.8 Å². The van der Waals surface area contributed by atoms with Crippen LogP contribution in [0.4, 0.5) is 5.82 Å². The van der Waals surface area contributed by atoms with Crippen molar-refractivity contribution in [1.29, 1.82) is 0 Å². The largest absolute Gasteiger partial charge is 0.352 e. The highest BCUT2D eigenvalue weighted by Crippen LogP contribution is 2.38. The van der Waals surface area contributed by atoms with Gasteiger partial charge in [-0.05, 0) is 36.8 Å². The number of piperazine rings is 1. The van der Waals surface area contributed by atoms with E-state index in [0.717, 1.165) is 35.8 Å². The Morgan fingerprint density at radius 3 is 2.82 bits per heavy atom. The van der Waals surface area contributed by atoms with E-state index in [-0.39, 0.29) is 5.91 Å². The molecule has 1 atom stereocenters. The van der Waals surface area contributed by atoms with Gasteiger partial charge in [0.1, 0.15) is 5.82 Å². The highest BCUT2D eigenvalue weighted by molar-refractivity contribution is 7.99.